The van der Waals surface area contributed by atoms with Gasteiger partial charge in [0, 0.05) is 10.5 Å². The Morgan fingerprint density at radius 1 is 1.21 bits per heavy atom. The van der Waals surface area contributed by atoms with E-state index in [1.165, 1.54) is 24.3 Å². The molecule has 3 nitrogen and oxygen atoms in total. The summed E-state index contributed by atoms with van der Waals surface area (Å²) >= 11 is 0. The van der Waals surface area contributed by atoms with E-state index in [1.54, 1.807) is 0 Å². The minimum atomic E-state index is -5.21. The van der Waals surface area contributed by atoms with Gasteiger partial charge < -0.3 is 4.74 Å². The molecule has 1 aromatic rings. The second-order valence-electron chi connectivity index (χ2n) is 4.73. The average Bonchev–Trinajstić information content (AvgIpc) is 2.51. The molecular weight excluding hydrogens is 355 g/mol. The highest BCUT2D eigenvalue weighted by Crippen LogP contribution is 2.30. The van der Waals surface area contributed by atoms with Gasteiger partial charge in [0.05, 0.1) is 10.8 Å². The molecule has 0 aromatic heterocycles. The highest BCUT2D eigenvalue weighted by molar-refractivity contribution is 7.85. The Bertz CT molecular complexity index is 636. The molecule has 0 bridgehead atoms. The van der Waals surface area contributed by atoms with Crippen molar-refractivity contribution in [1.29, 1.82) is 0 Å². The van der Waals surface area contributed by atoms with E-state index in [2.05, 4.69) is 4.74 Å². The van der Waals surface area contributed by atoms with E-state index in [0.29, 0.717) is 12.8 Å². The van der Waals surface area contributed by atoms with Gasteiger partial charge in [-0.05, 0) is 24.5 Å². The number of hydrogen-bond donors (Lipinski definition) is 0. The summed E-state index contributed by atoms with van der Waals surface area (Å²) in [5.74, 6) is -3.55. The normalized spacial score (nSPS) is 12.6. The summed E-state index contributed by atoms with van der Waals surface area (Å²) in [7, 11) is -2.20. The minimum Gasteiger partial charge on any atom is -0.445 e. The zero-order valence-electron chi connectivity index (χ0n) is 12.7. The van der Waals surface area contributed by atoms with Crippen molar-refractivity contribution in [1.82, 2.24) is 0 Å². The first-order valence-electron chi connectivity index (χ1n) is 6.94. The number of rotatable bonds is 7. The largest absolute Gasteiger partial charge is 0.490 e. The Hall–Kier alpha value is -1.77. The lowest BCUT2D eigenvalue weighted by atomic mass is 10.0. The Balaban J connectivity index is 3.03. The summed E-state index contributed by atoms with van der Waals surface area (Å²) in [6.07, 6.45) is -5.99. The Labute approximate surface area is 138 Å². The Morgan fingerprint density at radius 3 is 2.38 bits per heavy atom. The molecule has 1 rings (SSSR count). The van der Waals surface area contributed by atoms with E-state index in [9.17, 15) is 31.0 Å². The lowest BCUT2D eigenvalue weighted by Gasteiger charge is -2.12. The van der Waals surface area contributed by atoms with Crippen molar-refractivity contribution in [2.45, 2.75) is 37.3 Å². The number of carbonyl (C=O) groups is 1. The molecule has 1 atom stereocenters. The molecule has 1 aromatic carbocycles. The van der Waals surface area contributed by atoms with E-state index in [0.717, 1.165) is 0 Å². The molecule has 0 aliphatic rings. The van der Waals surface area contributed by atoms with Crippen LogP contribution in [0.1, 0.15) is 31.7 Å². The molecule has 0 N–H and O–H groups in total. The topological polar surface area (TPSA) is 43.4 Å². The number of esters is 1. The zero-order chi connectivity index (χ0) is 18.3. The van der Waals surface area contributed by atoms with Crippen molar-refractivity contribution < 1.29 is 35.7 Å². The van der Waals surface area contributed by atoms with Crippen LogP contribution in [0.4, 0.5) is 22.0 Å². The monoisotopic (exact) mass is 370 g/mol. The fraction of sp³-hybridized carbons (Fsp3) is 0.400. The Kier molecular flexibility index (Phi) is 7.53. The summed E-state index contributed by atoms with van der Waals surface area (Å²) in [6, 6.07) is 5.42. The second kappa shape index (κ2) is 8.91. The maximum absolute atomic E-state index is 13.2. The van der Waals surface area contributed by atoms with Crippen LogP contribution >= 0.6 is 0 Å². The summed E-state index contributed by atoms with van der Waals surface area (Å²) in [4.78, 5) is 10.6. The van der Waals surface area contributed by atoms with Crippen LogP contribution in [0.15, 0.2) is 35.2 Å². The standard InChI is InChI=1S/C15H15F5O3S/c1-2-3-6-11(13(16)17)10-7-4-5-8-12(10)24(22)9-23-14(21)15(18,19)20/h4-5,7-8H,2-3,6,9H2,1H3. The van der Waals surface area contributed by atoms with Crippen LogP contribution in [0.2, 0.25) is 0 Å². The first-order chi connectivity index (χ1) is 11.2. The fourth-order valence-corrected chi connectivity index (χ4v) is 2.86. The van der Waals surface area contributed by atoms with Gasteiger partial charge in [-0.25, -0.2) is 4.79 Å². The van der Waals surface area contributed by atoms with Crippen molar-refractivity contribution in [3.8, 4) is 0 Å². The first-order valence-corrected chi connectivity index (χ1v) is 8.26. The van der Waals surface area contributed by atoms with Crippen LogP contribution in [0.5, 0.6) is 0 Å². The molecule has 0 radical (unpaired) electrons. The second-order valence-corrected chi connectivity index (χ2v) is 6.10. The number of ether oxygens (including phenoxy) is 1. The zero-order valence-corrected chi connectivity index (χ0v) is 13.5. The maximum Gasteiger partial charge on any atom is 0.490 e. The van der Waals surface area contributed by atoms with Gasteiger partial charge in [-0.3, -0.25) is 4.21 Å². The van der Waals surface area contributed by atoms with E-state index in [4.69, 9.17) is 0 Å². The number of allylic oxidation sites excluding steroid dienone is 1. The number of halogens is 5. The van der Waals surface area contributed by atoms with Crippen molar-refractivity contribution in [2.75, 3.05) is 5.94 Å². The highest BCUT2D eigenvalue weighted by atomic mass is 32.2. The van der Waals surface area contributed by atoms with Crippen molar-refractivity contribution >= 4 is 22.3 Å². The van der Waals surface area contributed by atoms with Gasteiger partial charge in [0.2, 0.25) is 0 Å². The molecular formula is C15H15F5O3S. The van der Waals surface area contributed by atoms with Crippen LogP contribution < -0.4 is 0 Å². The third-order valence-electron chi connectivity index (χ3n) is 2.99. The lowest BCUT2D eigenvalue weighted by Crippen LogP contribution is -2.26. The fourth-order valence-electron chi connectivity index (χ4n) is 1.85. The molecule has 0 heterocycles. The number of carbonyl (C=O) groups excluding carboxylic acids is 1. The predicted molar refractivity (Wildman–Crippen MR) is 78.5 cm³/mol. The quantitative estimate of drug-likeness (QED) is 0.518. The number of alkyl halides is 3. The molecule has 0 spiro atoms. The highest BCUT2D eigenvalue weighted by Gasteiger charge is 2.41. The molecule has 0 saturated heterocycles. The summed E-state index contributed by atoms with van der Waals surface area (Å²) < 4.78 is 78.6. The third-order valence-corrected chi connectivity index (χ3v) is 4.17. The predicted octanol–water partition coefficient (Wildman–Crippen LogP) is 4.66. The molecule has 0 aliphatic heterocycles. The van der Waals surface area contributed by atoms with Gasteiger partial charge in [0.15, 0.2) is 5.94 Å². The van der Waals surface area contributed by atoms with Gasteiger partial charge >= 0.3 is 12.1 Å². The molecule has 9 heteroatoms. The maximum atomic E-state index is 13.2. The number of unbranched alkanes of at least 4 members (excludes halogenated alkanes) is 1. The van der Waals surface area contributed by atoms with Crippen LogP contribution in [-0.4, -0.2) is 22.3 Å². The lowest BCUT2D eigenvalue weighted by molar-refractivity contribution is -0.197. The Morgan fingerprint density at radius 2 is 1.83 bits per heavy atom. The summed E-state index contributed by atoms with van der Waals surface area (Å²) in [6.45, 7) is 1.81. The molecule has 1 unspecified atom stereocenters. The minimum absolute atomic E-state index is 0.0210. The van der Waals surface area contributed by atoms with E-state index < -0.39 is 35.0 Å². The third kappa shape index (κ3) is 5.70. The summed E-state index contributed by atoms with van der Waals surface area (Å²) in [5.41, 5.74) is -0.338. The van der Waals surface area contributed by atoms with Gasteiger partial charge in [-0.2, -0.15) is 22.0 Å². The van der Waals surface area contributed by atoms with E-state index >= 15 is 0 Å². The molecule has 0 amide bonds. The van der Waals surface area contributed by atoms with Gasteiger partial charge in [0.25, 0.3) is 6.08 Å². The summed E-state index contributed by atoms with van der Waals surface area (Å²) in [5, 5.41) is 0. The molecule has 0 saturated carbocycles. The van der Waals surface area contributed by atoms with Crippen LogP contribution in [0.25, 0.3) is 5.57 Å². The van der Waals surface area contributed by atoms with Gasteiger partial charge in [-0.1, -0.05) is 31.5 Å². The van der Waals surface area contributed by atoms with Gasteiger partial charge in [-0.15, -0.1) is 0 Å². The van der Waals surface area contributed by atoms with Crippen molar-refractivity contribution in [3.63, 3.8) is 0 Å². The van der Waals surface area contributed by atoms with Crippen LogP contribution in [0, 0.1) is 0 Å². The first kappa shape index (κ1) is 20.3. The molecule has 24 heavy (non-hydrogen) atoms. The molecule has 134 valence electrons. The smallest absolute Gasteiger partial charge is 0.445 e. The molecule has 0 aliphatic carbocycles. The average molecular weight is 370 g/mol. The molecule has 0 fully saturated rings. The van der Waals surface area contributed by atoms with E-state index in [-0.39, 0.29) is 22.5 Å². The van der Waals surface area contributed by atoms with Crippen LogP contribution in [0.3, 0.4) is 0 Å². The number of hydrogen-bond acceptors (Lipinski definition) is 3. The van der Waals surface area contributed by atoms with E-state index in [1.807, 2.05) is 6.92 Å². The number of benzene rings is 1. The van der Waals surface area contributed by atoms with Gasteiger partial charge in [0.1, 0.15) is 0 Å². The van der Waals surface area contributed by atoms with Crippen LogP contribution in [-0.2, 0) is 20.3 Å². The van der Waals surface area contributed by atoms with Crippen molar-refractivity contribution in [2.24, 2.45) is 0 Å². The SMILES string of the molecule is CCCCC(=C(F)F)c1ccccc1S(=O)COC(=O)C(F)(F)F. The van der Waals surface area contributed by atoms with Crippen molar-refractivity contribution in [3.05, 3.63) is 35.9 Å².